The zero-order valence-electron chi connectivity index (χ0n) is 8.44. The van der Waals surface area contributed by atoms with Crippen molar-refractivity contribution in [2.24, 2.45) is 17.6 Å². The molecule has 2 rings (SSSR count). The highest BCUT2D eigenvalue weighted by Gasteiger charge is 2.46. The van der Waals surface area contributed by atoms with E-state index in [-0.39, 0.29) is 23.9 Å². The number of esters is 1. The molecule has 14 heavy (non-hydrogen) atoms. The Kier molecular flexibility index (Phi) is 2.74. The maximum atomic E-state index is 11.4. The highest BCUT2D eigenvalue weighted by Crippen LogP contribution is 2.42. The average molecular weight is 199 g/mol. The van der Waals surface area contributed by atoms with Gasteiger partial charge in [-0.25, -0.2) is 0 Å². The third kappa shape index (κ3) is 1.53. The molecule has 0 aliphatic carbocycles. The highest BCUT2D eigenvalue weighted by atomic mass is 16.5. The van der Waals surface area contributed by atoms with Gasteiger partial charge in [0.15, 0.2) is 0 Å². The number of nitrogens with two attached hydrogens (primary N) is 1. The summed E-state index contributed by atoms with van der Waals surface area (Å²) in [5.74, 6) is -0.0739. The first-order chi connectivity index (χ1) is 6.76. The largest absolute Gasteiger partial charge is 0.469 e. The van der Waals surface area contributed by atoms with Gasteiger partial charge in [0, 0.05) is 12.5 Å². The standard InChI is InChI=1S/C10H17NO3/c1-13-10(12)8(5-11)7-4-6-2-3-9(7)14-6/h6-9H,2-5,11H2,1H3. The Balaban J connectivity index is 2.02. The van der Waals surface area contributed by atoms with Crippen LogP contribution in [0.3, 0.4) is 0 Å². The maximum Gasteiger partial charge on any atom is 0.310 e. The van der Waals surface area contributed by atoms with Gasteiger partial charge in [0.25, 0.3) is 0 Å². The van der Waals surface area contributed by atoms with E-state index in [2.05, 4.69) is 0 Å². The molecule has 0 amide bonds. The number of carbonyl (C=O) groups is 1. The van der Waals surface area contributed by atoms with Crippen LogP contribution in [0.5, 0.6) is 0 Å². The third-order valence-electron chi connectivity index (χ3n) is 3.43. The molecule has 2 fully saturated rings. The van der Waals surface area contributed by atoms with E-state index in [0.29, 0.717) is 12.6 Å². The van der Waals surface area contributed by atoms with Crippen molar-refractivity contribution in [3.8, 4) is 0 Å². The zero-order valence-corrected chi connectivity index (χ0v) is 8.44. The Bertz CT molecular complexity index is 231. The number of hydrogen-bond donors (Lipinski definition) is 1. The van der Waals surface area contributed by atoms with Crippen LogP contribution in [-0.2, 0) is 14.3 Å². The summed E-state index contributed by atoms with van der Waals surface area (Å²) in [5, 5.41) is 0. The van der Waals surface area contributed by atoms with Crippen molar-refractivity contribution < 1.29 is 14.3 Å². The number of carbonyl (C=O) groups excluding carboxylic acids is 1. The molecule has 2 aliphatic rings. The van der Waals surface area contributed by atoms with E-state index in [9.17, 15) is 4.79 Å². The molecule has 2 heterocycles. The van der Waals surface area contributed by atoms with Gasteiger partial charge in [-0.1, -0.05) is 0 Å². The highest BCUT2D eigenvalue weighted by molar-refractivity contribution is 5.73. The lowest BCUT2D eigenvalue weighted by atomic mass is 9.80. The number of hydrogen-bond acceptors (Lipinski definition) is 4. The van der Waals surface area contributed by atoms with E-state index < -0.39 is 0 Å². The van der Waals surface area contributed by atoms with Crippen molar-refractivity contribution in [3.05, 3.63) is 0 Å². The molecule has 2 saturated heterocycles. The molecule has 0 aromatic rings. The lowest BCUT2D eigenvalue weighted by Gasteiger charge is -2.25. The van der Waals surface area contributed by atoms with Crippen molar-refractivity contribution in [1.82, 2.24) is 0 Å². The fourth-order valence-corrected chi connectivity index (χ4v) is 2.70. The molecule has 0 aromatic carbocycles. The molecule has 0 aromatic heterocycles. The van der Waals surface area contributed by atoms with Crippen LogP contribution >= 0.6 is 0 Å². The molecule has 80 valence electrons. The quantitative estimate of drug-likeness (QED) is 0.664. The van der Waals surface area contributed by atoms with Gasteiger partial charge in [0.2, 0.25) is 0 Å². The van der Waals surface area contributed by atoms with Gasteiger partial charge in [0.05, 0.1) is 25.2 Å². The van der Waals surface area contributed by atoms with Crippen molar-refractivity contribution in [2.45, 2.75) is 31.5 Å². The van der Waals surface area contributed by atoms with E-state index in [1.807, 2.05) is 0 Å². The van der Waals surface area contributed by atoms with E-state index >= 15 is 0 Å². The van der Waals surface area contributed by atoms with Gasteiger partial charge >= 0.3 is 5.97 Å². The van der Waals surface area contributed by atoms with Crippen LogP contribution in [0.15, 0.2) is 0 Å². The second-order valence-corrected chi connectivity index (χ2v) is 4.14. The first-order valence-electron chi connectivity index (χ1n) is 5.19. The molecule has 0 saturated carbocycles. The smallest absolute Gasteiger partial charge is 0.310 e. The molecule has 0 spiro atoms. The van der Waals surface area contributed by atoms with Crippen LogP contribution in [0.25, 0.3) is 0 Å². The van der Waals surface area contributed by atoms with Gasteiger partial charge in [-0.3, -0.25) is 4.79 Å². The molecule has 4 atom stereocenters. The van der Waals surface area contributed by atoms with Crippen LogP contribution in [-0.4, -0.2) is 31.8 Å². The lowest BCUT2D eigenvalue weighted by Crippen LogP contribution is -2.36. The summed E-state index contributed by atoms with van der Waals surface area (Å²) < 4.78 is 10.4. The number of methoxy groups -OCH3 is 1. The number of rotatable bonds is 3. The van der Waals surface area contributed by atoms with Gasteiger partial charge in [0.1, 0.15) is 0 Å². The van der Waals surface area contributed by atoms with Crippen LogP contribution in [0, 0.1) is 11.8 Å². The lowest BCUT2D eigenvalue weighted by molar-refractivity contribution is -0.147. The van der Waals surface area contributed by atoms with Crippen molar-refractivity contribution in [2.75, 3.05) is 13.7 Å². The Hall–Kier alpha value is -0.610. The number of ether oxygens (including phenoxy) is 2. The van der Waals surface area contributed by atoms with Crippen LogP contribution in [0.2, 0.25) is 0 Å². The van der Waals surface area contributed by atoms with E-state index in [1.54, 1.807) is 0 Å². The Morgan fingerprint density at radius 1 is 1.64 bits per heavy atom. The molecule has 2 bridgehead atoms. The predicted molar refractivity (Wildman–Crippen MR) is 50.6 cm³/mol. The second-order valence-electron chi connectivity index (χ2n) is 4.14. The molecule has 0 radical (unpaired) electrons. The van der Waals surface area contributed by atoms with E-state index in [1.165, 1.54) is 7.11 Å². The average Bonchev–Trinajstić information content (AvgIpc) is 2.80. The minimum absolute atomic E-state index is 0.171. The second kappa shape index (κ2) is 3.87. The third-order valence-corrected chi connectivity index (χ3v) is 3.43. The predicted octanol–water partition coefficient (Wildman–Crippen LogP) is 0.302. The maximum absolute atomic E-state index is 11.4. The molecule has 2 N–H and O–H groups in total. The minimum Gasteiger partial charge on any atom is -0.469 e. The van der Waals surface area contributed by atoms with Crippen molar-refractivity contribution in [1.29, 1.82) is 0 Å². The molecule has 2 aliphatic heterocycles. The first-order valence-corrected chi connectivity index (χ1v) is 5.19. The summed E-state index contributed by atoms with van der Waals surface area (Å²) in [6.45, 7) is 0.365. The Morgan fingerprint density at radius 3 is 2.86 bits per heavy atom. The SMILES string of the molecule is COC(=O)C(CN)C1CC2CCC1O2. The molecule has 4 unspecified atom stereocenters. The van der Waals surface area contributed by atoms with Crippen molar-refractivity contribution >= 4 is 5.97 Å². The summed E-state index contributed by atoms with van der Waals surface area (Å²) in [6.07, 6.45) is 3.79. The Labute approximate surface area is 83.7 Å². The zero-order chi connectivity index (χ0) is 10.1. The van der Waals surface area contributed by atoms with E-state index in [0.717, 1.165) is 19.3 Å². The van der Waals surface area contributed by atoms with Crippen LogP contribution < -0.4 is 5.73 Å². The van der Waals surface area contributed by atoms with Gasteiger partial charge < -0.3 is 15.2 Å². The van der Waals surface area contributed by atoms with Crippen LogP contribution in [0.4, 0.5) is 0 Å². The topological polar surface area (TPSA) is 61.5 Å². The molecular weight excluding hydrogens is 182 g/mol. The minimum atomic E-state index is -0.186. The van der Waals surface area contributed by atoms with Gasteiger partial charge in [-0.2, -0.15) is 0 Å². The molecule has 4 nitrogen and oxygen atoms in total. The van der Waals surface area contributed by atoms with Crippen molar-refractivity contribution in [3.63, 3.8) is 0 Å². The Morgan fingerprint density at radius 2 is 2.43 bits per heavy atom. The van der Waals surface area contributed by atoms with Gasteiger partial charge in [-0.15, -0.1) is 0 Å². The summed E-state index contributed by atoms with van der Waals surface area (Å²) in [7, 11) is 1.42. The summed E-state index contributed by atoms with van der Waals surface area (Å²) in [5.41, 5.74) is 5.60. The summed E-state index contributed by atoms with van der Waals surface area (Å²) in [6, 6.07) is 0. The van der Waals surface area contributed by atoms with Crippen LogP contribution in [0.1, 0.15) is 19.3 Å². The van der Waals surface area contributed by atoms with E-state index in [4.69, 9.17) is 15.2 Å². The first kappa shape index (κ1) is 9.93. The summed E-state index contributed by atoms with van der Waals surface area (Å²) in [4.78, 5) is 11.4. The fraction of sp³-hybridized carbons (Fsp3) is 0.900. The van der Waals surface area contributed by atoms with Gasteiger partial charge in [-0.05, 0) is 19.3 Å². The molecular formula is C10H17NO3. The monoisotopic (exact) mass is 199 g/mol. The number of fused-ring (bicyclic) bond motifs is 2. The normalized spacial score (nSPS) is 37.1. The fourth-order valence-electron chi connectivity index (χ4n) is 2.70. The summed E-state index contributed by atoms with van der Waals surface area (Å²) >= 11 is 0. The molecule has 4 heteroatoms.